The summed E-state index contributed by atoms with van der Waals surface area (Å²) in [6.07, 6.45) is 1.61. The Morgan fingerprint density at radius 3 is 0.848 bits per heavy atom. The first kappa shape index (κ1) is 33.5. The lowest BCUT2D eigenvalue weighted by atomic mass is 10.9. The molecule has 0 fully saturated rings. The third kappa shape index (κ3) is 10.2. The second-order valence-electron chi connectivity index (χ2n) is 7.96. The molecule has 0 spiro atoms. The van der Waals surface area contributed by atoms with Crippen molar-refractivity contribution in [2.45, 2.75) is 65.7 Å². The monoisotopic (exact) mass is 546 g/mol. The summed E-state index contributed by atoms with van der Waals surface area (Å²) in [7, 11) is -4.51. The number of hydrogen-bond acceptors (Lipinski definition) is 9. The molecule has 0 bridgehead atoms. The largest absolute Gasteiger partial charge is 0.413 e. The molecule has 0 aromatic heterocycles. The summed E-state index contributed by atoms with van der Waals surface area (Å²) in [6, 6.07) is 2.87. The minimum absolute atomic E-state index is 0.371. The van der Waals surface area contributed by atoms with Crippen LogP contribution in [0.3, 0.4) is 0 Å². The van der Waals surface area contributed by atoms with Crippen LogP contribution in [0.5, 0.6) is 0 Å². The summed E-state index contributed by atoms with van der Waals surface area (Å²) in [5, 5.41) is 0. The van der Waals surface area contributed by atoms with Gasteiger partial charge in [0.2, 0.25) is 0 Å². The Balaban J connectivity index is 6.41. The predicted octanol–water partition coefficient (Wildman–Crippen LogP) is 3.70. The van der Waals surface area contributed by atoms with Gasteiger partial charge in [0.1, 0.15) is 0 Å². The third-order valence-corrected chi connectivity index (χ3v) is 23.3. The van der Waals surface area contributed by atoms with Crippen LogP contribution in [-0.4, -0.2) is 101 Å². The van der Waals surface area contributed by atoms with Gasteiger partial charge in [0, 0.05) is 41.7 Å². The number of methoxy groups -OCH3 is 4. The van der Waals surface area contributed by atoms with E-state index in [9.17, 15) is 0 Å². The van der Waals surface area contributed by atoms with E-state index in [1.807, 2.05) is 13.8 Å². The van der Waals surface area contributed by atoms with Crippen molar-refractivity contribution in [3.05, 3.63) is 0 Å². The molecule has 0 heterocycles. The van der Waals surface area contributed by atoms with Crippen LogP contribution in [0, 0.1) is 0 Å². The maximum absolute atomic E-state index is 7.09. The summed E-state index contributed by atoms with van der Waals surface area (Å²) < 4.78 is 55.9. The van der Waals surface area contributed by atoms with Gasteiger partial charge in [0.05, 0.1) is 24.9 Å². The molecule has 33 heavy (non-hydrogen) atoms. The maximum Gasteiger partial charge on any atom is 0.355 e. The first-order chi connectivity index (χ1) is 15.7. The zero-order valence-corrected chi connectivity index (χ0v) is 26.7. The Bertz CT molecular complexity index is 452. The Hall–Kier alpha value is 0.508. The van der Waals surface area contributed by atoms with Crippen molar-refractivity contribution in [2.24, 2.45) is 0 Å². The highest BCUT2D eigenvalue weighted by molar-refractivity contribution is 6.89. The van der Waals surface area contributed by atoms with Crippen molar-refractivity contribution >= 4 is 34.2 Å². The highest BCUT2D eigenvalue weighted by atomic mass is 28.5. The molecule has 0 aliphatic heterocycles. The molecule has 200 valence electrons. The van der Waals surface area contributed by atoms with Crippen LogP contribution >= 0.6 is 0 Å². The molecule has 0 amide bonds. The predicted molar refractivity (Wildman–Crippen MR) is 139 cm³/mol. The topological polar surface area (TPSA) is 83.1 Å². The van der Waals surface area contributed by atoms with Gasteiger partial charge in [-0.2, -0.15) is 0 Å². The molecule has 0 rings (SSSR count). The van der Waals surface area contributed by atoms with Crippen LogP contribution in [0.2, 0.25) is 24.2 Å². The molecule has 9 nitrogen and oxygen atoms in total. The summed E-state index contributed by atoms with van der Waals surface area (Å²) in [4.78, 5) is 0. The average Bonchev–Trinajstić information content (AvgIpc) is 2.79. The minimum atomic E-state index is -2.94. The quantitative estimate of drug-likeness (QED) is 0.189. The van der Waals surface area contributed by atoms with Crippen molar-refractivity contribution in [1.82, 2.24) is 0 Å². The average molecular weight is 547 g/mol. The lowest BCUT2D eigenvalue weighted by Gasteiger charge is -2.46. The molecule has 0 saturated heterocycles. The van der Waals surface area contributed by atoms with Gasteiger partial charge in [0.15, 0.2) is 0 Å². The minimum Gasteiger partial charge on any atom is -0.413 e. The summed E-state index contributed by atoms with van der Waals surface area (Å²) in [5.41, 5.74) is 0. The molecule has 0 saturated carbocycles. The second kappa shape index (κ2) is 17.0. The standard InChI is InChI=1S/C20H50O9Si4/c1-11-25-30(13-3,17-21-7)27-32(15-5,19-23-9)29-33(16-6,20-24-10)28-31(14-4,18-22-8)26-12-2/h11-20H2,1-10H3. The van der Waals surface area contributed by atoms with E-state index in [-0.39, 0.29) is 0 Å². The van der Waals surface area contributed by atoms with E-state index in [0.29, 0.717) is 50.2 Å². The highest BCUT2D eigenvalue weighted by Gasteiger charge is 2.56. The molecule has 0 aromatic carbocycles. The first-order valence-corrected chi connectivity index (χ1v) is 21.0. The van der Waals surface area contributed by atoms with E-state index < -0.39 is 34.2 Å². The van der Waals surface area contributed by atoms with Crippen LogP contribution in [0.1, 0.15) is 41.5 Å². The van der Waals surface area contributed by atoms with Gasteiger partial charge in [-0.1, -0.05) is 27.7 Å². The molecule has 0 aliphatic rings. The van der Waals surface area contributed by atoms with Gasteiger partial charge < -0.3 is 40.1 Å². The number of ether oxygens (including phenoxy) is 4. The van der Waals surface area contributed by atoms with E-state index in [1.54, 1.807) is 28.4 Å². The Morgan fingerprint density at radius 2 is 0.636 bits per heavy atom. The number of rotatable bonds is 22. The third-order valence-electron chi connectivity index (χ3n) is 5.54. The molecular formula is C20H50O9Si4. The Kier molecular flexibility index (Phi) is 17.3. The smallest absolute Gasteiger partial charge is 0.355 e. The second-order valence-corrected chi connectivity index (χ2v) is 22.3. The zero-order valence-electron chi connectivity index (χ0n) is 22.7. The summed E-state index contributed by atoms with van der Waals surface area (Å²) in [5.74, 6) is 0. The van der Waals surface area contributed by atoms with Crippen LogP contribution < -0.4 is 0 Å². The van der Waals surface area contributed by atoms with Crippen molar-refractivity contribution in [1.29, 1.82) is 0 Å². The Labute approximate surface area is 206 Å². The SMILES string of the molecule is CCO[Si](CC)(COC)O[Si](CC)(COC)O[Si](CC)(COC)O[Si](CC)(COC)OCC. The highest BCUT2D eigenvalue weighted by Crippen LogP contribution is 2.32. The van der Waals surface area contributed by atoms with Gasteiger partial charge in [0.25, 0.3) is 0 Å². The van der Waals surface area contributed by atoms with Crippen molar-refractivity contribution in [3.63, 3.8) is 0 Å². The molecule has 0 aliphatic carbocycles. The molecule has 0 radical (unpaired) electrons. The van der Waals surface area contributed by atoms with E-state index in [4.69, 9.17) is 40.1 Å². The van der Waals surface area contributed by atoms with Crippen molar-refractivity contribution in [2.75, 3.05) is 66.6 Å². The molecule has 0 aromatic rings. The van der Waals surface area contributed by atoms with Gasteiger partial charge in [-0.05, 0) is 38.0 Å². The lowest BCUT2D eigenvalue weighted by Crippen LogP contribution is -2.68. The van der Waals surface area contributed by atoms with Crippen LogP contribution in [0.25, 0.3) is 0 Å². The van der Waals surface area contributed by atoms with E-state index in [1.165, 1.54) is 0 Å². The fourth-order valence-corrected chi connectivity index (χ4v) is 22.6. The van der Waals surface area contributed by atoms with E-state index >= 15 is 0 Å². The van der Waals surface area contributed by atoms with Crippen molar-refractivity contribution in [3.8, 4) is 0 Å². The molecule has 13 heteroatoms. The summed E-state index contributed by atoms with van der Waals surface area (Å²) in [6.45, 7) is 13.4. The molecule has 4 atom stereocenters. The van der Waals surface area contributed by atoms with Gasteiger partial charge in [-0.15, -0.1) is 0 Å². The normalized spacial score (nSPS) is 19.5. The van der Waals surface area contributed by atoms with Gasteiger partial charge in [-0.25, -0.2) is 0 Å². The van der Waals surface area contributed by atoms with Crippen molar-refractivity contribution < 1.29 is 40.1 Å². The molecule has 4 unspecified atom stereocenters. The maximum atomic E-state index is 7.09. The van der Waals surface area contributed by atoms with Crippen LogP contribution in [0.4, 0.5) is 0 Å². The fraction of sp³-hybridized carbons (Fsp3) is 1.00. The van der Waals surface area contributed by atoms with Crippen LogP contribution in [-0.2, 0) is 40.1 Å². The van der Waals surface area contributed by atoms with E-state index in [0.717, 1.165) is 12.1 Å². The molecular weight excluding hydrogens is 497 g/mol. The zero-order chi connectivity index (χ0) is 25.4. The first-order valence-electron chi connectivity index (χ1n) is 12.1. The Morgan fingerprint density at radius 1 is 0.394 bits per heavy atom. The fourth-order valence-electron chi connectivity index (χ4n) is 3.83. The number of hydrogen-bond donors (Lipinski definition) is 0. The molecule has 0 N–H and O–H groups in total. The summed E-state index contributed by atoms with van der Waals surface area (Å²) >= 11 is 0. The van der Waals surface area contributed by atoms with E-state index in [2.05, 4.69) is 27.7 Å². The lowest BCUT2D eigenvalue weighted by molar-refractivity contribution is 0.122. The van der Waals surface area contributed by atoms with Gasteiger partial charge >= 0.3 is 34.2 Å². The van der Waals surface area contributed by atoms with Crippen LogP contribution in [0.15, 0.2) is 0 Å². The van der Waals surface area contributed by atoms with Gasteiger partial charge in [-0.3, -0.25) is 0 Å².